The predicted molar refractivity (Wildman–Crippen MR) is 52.7 cm³/mol. The fourth-order valence-corrected chi connectivity index (χ4v) is 1.99. The minimum atomic E-state index is 0.330. The lowest BCUT2D eigenvalue weighted by Crippen LogP contribution is -2.44. The van der Waals surface area contributed by atoms with Gasteiger partial charge in [0.05, 0.1) is 6.61 Å². The van der Waals surface area contributed by atoms with Crippen LogP contribution in [0.3, 0.4) is 0 Å². The van der Waals surface area contributed by atoms with Gasteiger partial charge in [0.15, 0.2) is 0 Å². The molecule has 1 aliphatic heterocycles. The van der Waals surface area contributed by atoms with Gasteiger partial charge < -0.3 is 9.84 Å². The van der Waals surface area contributed by atoms with E-state index in [-0.39, 0.29) is 0 Å². The smallest absolute Gasteiger partial charge is 0.0615 e. The van der Waals surface area contributed by atoms with Crippen LogP contribution < -0.4 is 0 Å². The number of likely N-dealkylation sites (tertiary alicyclic amines) is 1. The first-order valence-corrected chi connectivity index (χ1v) is 5.11. The van der Waals surface area contributed by atoms with Gasteiger partial charge in [0.1, 0.15) is 0 Å². The molecule has 13 heavy (non-hydrogen) atoms. The molecule has 0 aromatic rings. The molecule has 1 N–H and O–H groups in total. The standard InChI is InChI=1S/C10H21NO2/c1-9(8-13-2)11-5-3-4-10(6-11)7-12/h9-10,12H,3-8H2,1-2H3. The summed E-state index contributed by atoms with van der Waals surface area (Å²) in [6.07, 6.45) is 2.38. The van der Waals surface area contributed by atoms with Crippen LogP contribution in [0.4, 0.5) is 0 Å². The number of aliphatic hydroxyl groups is 1. The van der Waals surface area contributed by atoms with E-state index in [9.17, 15) is 0 Å². The van der Waals surface area contributed by atoms with Crippen LogP contribution in [0.2, 0.25) is 0 Å². The molecule has 3 heteroatoms. The quantitative estimate of drug-likeness (QED) is 0.704. The molecule has 1 heterocycles. The fourth-order valence-electron chi connectivity index (χ4n) is 1.99. The van der Waals surface area contributed by atoms with Crippen molar-refractivity contribution in [1.82, 2.24) is 4.90 Å². The van der Waals surface area contributed by atoms with Crippen LogP contribution in [-0.4, -0.2) is 49.5 Å². The number of methoxy groups -OCH3 is 1. The van der Waals surface area contributed by atoms with E-state index in [4.69, 9.17) is 9.84 Å². The molecule has 2 atom stereocenters. The van der Waals surface area contributed by atoms with E-state index in [1.54, 1.807) is 7.11 Å². The van der Waals surface area contributed by atoms with Gasteiger partial charge in [-0.1, -0.05) is 0 Å². The summed E-state index contributed by atoms with van der Waals surface area (Å²) in [5.41, 5.74) is 0. The maximum Gasteiger partial charge on any atom is 0.0615 e. The number of nitrogens with zero attached hydrogens (tertiary/aromatic N) is 1. The third kappa shape index (κ3) is 3.25. The second-order valence-corrected chi connectivity index (χ2v) is 3.99. The van der Waals surface area contributed by atoms with Gasteiger partial charge in [0.25, 0.3) is 0 Å². The molecular formula is C10H21NO2. The van der Waals surface area contributed by atoms with E-state index in [0.29, 0.717) is 18.6 Å². The number of aliphatic hydroxyl groups excluding tert-OH is 1. The summed E-state index contributed by atoms with van der Waals surface area (Å²) < 4.78 is 5.12. The summed E-state index contributed by atoms with van der Waals surface area (Å²) >= 11 is 0. The first kappa shape index (κ1) is 11.0. The molecule has 0 aromatic heterocycles. The molecule has 0 saturated carbocycles. The van der Waals surface area contributed by atoms with Crippen molar-refractivity contribution in [2.24, 2.45) is 5.92 Å². The van der Waals surface area contributed by atoms with E-state index < -0.39 is 0 Å². The van der Waals surface area contributed by atoms with Gasteiger partial charge in [0.2, 0.25) is 0 Å². The highest BCUT2D eigenvalue weighted by Gasteiger charge is 2.22. The zero-order valence-electron chi connectivity index (χ0n) is 8.70. The Labute approximate surface area is 80.7 Å². The van der Waals surface area contributed by atoms with E-state index in [0.717, 1.165) is 19.7 Å². The van der Waals surface area contributed by atoms with Gasteiger partial charge in [-0.15, -0.1) is 0 Å². The maximum absolute atomic E-state index is 9.06. The summed E-state index contributed by atoms with van der Waals surface area (Å²) in [7, 11) is 1.74. The summed E-state index contributed by atoms with van der Waals surface area (Å²) in [6, 6.07) is 0.486. The number of piperidine rings is 1. The molecule has 0 bridgehead atoms. The Morgan fingerprint density at radius 3 is 3.00 bits per heavy atom. The minimum Gasteiger partial charge on any atom is -0.396 e. The van der Waals surface area contributed by atoms with Crippen LogP contribution in [0.25, 0.3) is 0 Å². The number of ether oxygens (including phenoxy) is 1. The van der Waals surface area contributed by atoms with Crippen molar-refractivity contribution in [3.05, 3.63) is 0 Å². The number of hydrogen-bond donors (Lipinski definition) is 1. The summed E-state index contributed by atoms with van der Waals surface area (Å²) in [5.74, 6) is 0.480. The van der Waals surface area contributed by atoms with Crippen LogP contribution in [0.15, 0.2) is 0 Å². The van der Waals surface area contributed by atoms with Crippen LogP contribution >= 0.6 is 0 Å². The Kier molecular flexibility index (Phi) is 4.70. The van der Waals surface area contributed by atoms with E-state index >= 15 is 0 Å². The van der Waals surface area contributed by atoms with Crippen molar-refractivity contribution in [1.29, 1.82) is 0 Å². The first-order chi connectivity index (χ1) is 6.27. The maximum atomic E-state index is 9.06. The van der Waals surface area contributed by atoms with Gasteiger partial charge in [0, 0.05) is 26.3 Å². The Bertz CT molecular complexity index is 141. The lowest BCUT2D eigenvalue weighted by atomic mass is 9.98. The Morgan fingerprint density at radius 1 is 1.62 bits per heavy atom. The number of rotatable bonds is 4. The normalized spacial score (nSPS) is 27.5. The van der Waals surface area contributed by atoms with Gasteiger partial charge >= 0.3 is 0 Å². The average molecular weight is 187 g/mol. The lowest BCUT2D eigenvalue weighted by molar-refractivity contribution is 0.0527. The highest BCUT2D eigenvalue weighted by molar-refractivity contribution is 4.76. The van der Waals surface area contributed by atoms with Crippen molar-refractivity contribution in [3.63, 3.8) is 0 Å². The van der Waals surface area contributed by atoms with Crippen LogP contribution in [0.5, 0.6) is 0 Å². The molecule has 0 aromatic carbocycles. The molecule has 2 unspecified atom stereocenters. The van der Waals surface area contributed by atoms with Gasteiger partial charge in [-0.3, -0.25) is 4.90 Å². The Balaban J connectivity index is 2.32. The Morgan fingerprint density at radius 2 is 2.38 bits per heavy atom. The Hall–Kier alpha value is -0.120. The zero-order chi connectivity index (χ0) is 9.68. The minimum absolute atomic E-state index is 0.330. The predicted octanol–water partition coefficient (Wildman–Crippen LogP) is 0.726. The molecular weight excluding hydrogens is 166 g/mol. The third-order valence-corrected chi connectivity index (χ3v) is 2.84. The zero-order valence-corrected chi connectivity index (χ0v) is 8.70. The second-order valence-electron chi connectivity index (χ2n) is 3.99. The van der Waals surface area contributed by atoms with Crippen LogP contribution in [0.1, 0.15) is 19.8 Å². The first-order valence-electron chi connectivity index (χ1n) is 5.11. The third-order valence-electron chi connectivity index (χ3n) is 2.84. The van der Waals surface area contributed by atoms with E-state index in [1.165, 1.54) is 12.8 Å². The molecule has 3 nitrogen and oxygen atoms in total. The van der Waals surface area contributed by atoms with Crippen LogP contribution in [0, 0.1) is 5.92 Å². The van der Waals surface area contributed by atoms with Gasteiger partial charge in [-0.05, 0) is 32.2 Å². The van der Waals surface area contributed by atoms with Crippen molar-refractivity contribution < 1.29 is 9.84 Å². The molecule has 0 radical (unpaired) electrons. The topological polar surface area (TPSA) is 32.7 Å². The molecule has 1 fully saturated rings. The molecule has 0 spiro atoms. The van der Waals surface area contributed by atoms with Crippen molar-refractivity contribution in [3.8, 4) is 0 Å². The van der Waals surface area contributed by atoms with Crippen molar-refractivity contribution in [2.75, 3.05) is 33.4 Å². The van der Waals surface area contributed by atoms with E-state index in [1.807, 2.05) is 0 Å². The van der Waals surface area contributed by atoms with Crippen molar-refractivity contribution >= 4 is 0 Å². The molecule has 0 aliphatic carbocycles. The largest absolute Gasteiger partial charge is 0.396 e. The summed E-state index contributed by atoms with van der Waals surface area (Å²) in [6.45, 7) is 5.49. The monoisotopic (exact) mass is 187 g/mol. The number of hydrogen-bond acceptors (Lipinski definition) is 3. The average Bonchev–Trinajstić information content (AvgIpc) is 2.18. The fraction of sp³-hybridized carbons (Fsp3) is 1.00. The molecule has 1 rings (SSSR count). The van der Waals surface area contributed by atoms with Gasteiger partial charge in [-0.25, -0.2) is 0 Å². The molecule has 78 valence electrons. The summed E-state index contributed by atoms with van der Waals surface area (Å²) in [4.78, 5) is 2.41. The highest BCUT2D eigenvalue weighted by Crippen LogP contribution is 2.17. The second kappa shape index (κ2) is 5.58. The van der Waals surface area contributed by atoms with E-state index in [2.05, 4.69) is 11.8 Å². The van der Waals surface area contributed by atoms with Gasteiger partial charge in [-0.2, -0.15) is 0 Å². The van der Waals surface area contributed by atoms with Crippen molar-refractivity contribution in [2.45, 2.75) is 25.8 Å². The molecule has 1 aliphatic rings. The lowest BCUT2D eigenvalue weighted by Gasteiger charge is -2.35. The SMILES string of the molecule is COCC(C)N1CCCC(CO)C1. The van der Waals surface area contributed by atoms with Crippen LogP contribution in [-0.2, 0) is 4.74 Å². The summed E-state index contributed by atoms with van der Waals surface area (Å²) in [5, 5.41) is 9.06. The highest BCUT2D eigenvalue weighted by atomic mass is 16.5. The molecule has 1 saturated heterocycles. The molecule has 0 amide bonds.